The van der Waals surface area contributed by atoms with Crippen molar-refractivity contribution in [3.05, 3.63) is 28.2 Å². The van der Waals surface area contributed by atoms with Crippen molar-refractivity contribution >= 4 is 33.6 Å². The SMILES string of the molecule is CN(C)C(=O)N1CCN(C(=O)c2cccc(N)c2Br)CC1. The molecule has 0 bridgehead atoms. The minimum absolute atomic E-state index is 0.0211. The predicted octanol–water partition coefficient (Wildman–Crippen LogP) is 1.47. The van der Waals surface area contributed by atoms with E-state index in [2.05, 4.69) is 15.9 Å². The Kier molecular flexibility index (Phi) is 4.72. The average Bonchev–Trinajstić information content (AvgIpc) is 2.48. The summed E-state index contributed by atoms with van der Waals surface area (Å²) in [6.45, 7) is 2.14. The van der Waals surface area contributed by atoms with Gasteiger partial charge in [-0.25, -0.2) is 4.79 Å². The van der Waals surface area contributed by atoms with E-state index in [-0.39, 0.29) is 11.9 Å². The highest BCUT2D eigenvalue weighted by Gasteiger charge is 2.26. The van der Waals surface area contributed by atoms with Gasteiger partial charge in [0.05, 0.1) is 10.0 Å². The van der Waals surface area contributed by atoms with Crippen LogP contribution in [0.5, 0.6) is 0 Å². The van der Waals surface area contributed by atoms with Crippen molar-refractivity contribution in [2.75, 3.05) is 46.0 Å². The number of hydrogen-bond acceptors (Lipinski definition) is 3. The van der Waals surface area contributed by atoms with Crippen molar-refractivity contribution in [3.8, 4) is 0 Å². The lowest BCUT2D eigenvalue weighted by molar-refractivity contribution is 0.0649. The molecule has 3 amide bonds. The molecule has 0 aromatic heterocycles. The maximum atomic E-state index is 12.5. The van der Waals surface area contributed by atoms with E-state index >= 15 is 0 Å². The molecule has 21 heavy (non-hydrogen) atoms. The van der Waals surface area contributed by atoms with Crippen molar-refractivity contribution in [1.82, 2.24) is 14.7 Å². The minimum atomic E-state index is -0.0638. The van der Waals surface area contributed by atoms with E-state index in [4.69, 9.17) is 5.73 Å². The molecule has 1 saturated heterocycles. The van der Waals surface area contributed by atoms with Crippen molar-refractivity contribution in [2.45, 2.75) is 0 Å². The summed E-state index contributed by atoms with van der Waals surface area (Å²) in [4.78, 5) is 29.4. The van der Waals surface area contributed by atoms with Crippen LogP contribution in [-0.4, -0.2) is 66.9 Å². The monoisotopic (exact) mass is 354 g/mol. The molecular formula is C14H19BrN4O2. The van der Waals surface area contributed by atoms with Crippen LogP contribution in [0.3, 0.4) is 0 Å². The number of hydrogen-bond donors (Lipinski definition) is 1. The Morgan fingerprint density at radius 1 is 1.14 bits per heavy atom. The zero-order valence-corrected chi connectivity index (χ0v) is 13.8. The Morgan fingerprint density at radius 2 is 1.71 bits per heavy atom. The number of benzene rings is 1. The van der Waals surface area contributed by atoms with E-state index in [1.165, 1.54) is 0 Å². The van der Waals surface area contributed by atoms with Gasteiger partial charge in [0, 0.05) is 46.0 Å². The molecule has 1 aromatic rings. The van der Waals surface area contributed by atoms with E-state index in [9.17, 15) is 9.59 Å². The van der Waals surface area contributed by atoms with Gasteiger partial charge in [-0.15, -0.1) is 0 Å². The molecule has 2 N–H and O–H groups in total. The van der Waals surface area contributed by atoms with Crippen LogP contribution in [0.25, 0.3) is 0 Å². The number of rotatable bonds is 1. The van der Waals surface area contributed by atoms with Crippen molar-refractivity contribution in [3.63, 3.8) is 0 Å². The Hall–Kier alpha value is -1.76. The Labute approximate surface area is 132 Å². The van der Waals surface area contributed by atoms with Crippen LogP contribution in [0, 0.1) is 0 Å². The van der Waals surface area contributed by atoms with E-state index in [0.29, 0.717) is 41.9 Å². The second kappa shape index (κ2) is 6.34. The van der Waals surface area contributed by atoms with Crippen molar-refractivity contribution in [1.29, 1.82) is 0 Å². The standard InChI is InChI=1S/C14H19BrN4O2/c1-17(2)14(21)19-8-6-18(7-9-19)13(20)10-4-3-5-11(16)12(10)15/h3-5H,6-9,16H2,1-2H3. The molecular weight excluding hydrogens is 336 g/mol. The van der Waals surface area contributed by atoms with E-state index in [1.807, 2.05) is 0 Å². The summed E-state index contributed by atoms with van der Waals surface area (Å²) in [6.07, 6.45) is 0. The van der Waals surface area contributed by atoms with Crippen LogP contribution in [0.2, 0.25) is 0 Å². The van der Waals surface area contributed by atoms with E-state index in [0.717, 1.165) is 0 Å². The molecule has 1 aromatic carbocycles. The summed E-state index contributed by atoms with van der Waals surface area (Å²) in [5.74, 6) is -0.0638. The first-order valence-corrected chi connectivity index (χ1v) is 7.50. The Morgan fingerprint density at radius 3 is 2.29 bits per heavy atom. The number of nitrogens with zero attached hydrogens (tertiary/aromatic N) is 3. The highest BCUT2D eigenvalue weighted by atomic mass is 79.9. The van der Waals surface area contributed by atoms with Crippen LogP contribution in [-0.2, 0) is 0 Å². The third kappa shape index (κ3) is 3.29. The number of carbonyl (C=O) groups is 2. The first kappa shape index (κ1) is 15.6. The molecule has 0 unspecified atom stereocenters. The van der Waals surface area contributed by atoms with Crippen LogP contribution >= 0.6 is 15.9 Å². The number of urea groups is 1. The molecule has 1 fully saturated rings. The van der Waals surface area contributed by atoms with Gasteiger partial charge < -0.3 is 20.4 Å². The molecule has 7 heteroatoms. The molecule has 2 rings (SSSR count). The zero-order chi connectivity index (χ0) is 15.6. The number of halogens is 1. The number of anilines is 1. The van der Waals surface area contributed by atoms with Crippen LogP contribution < -0.4 is 5.73 Å². The van der Waals surface area contributed by atoms with Crippen LogP contribution in [0.1, 0.15) is 10.4 Å². The molecule has 1 aliphatic rings. The smallest absolute Gasteiger partial charge is 0.319 e. The van der Waals surface area contributed by atoms with E-state index in [1.54, 1.807) is 47.0 Å². The lowest BCUT2D eigenvalue weighted by Gasteiger charge is -2.36. The van der Waals surface area contributed by atoms with Gasteiger partial charge >= 0.3 is 6.03 Å². The third-order valence-corrected chi connectivity index (χ3v) is 4.36. The maximum Gasteiger partial charge on any atom is 0.319 e. The summed E-state index contributed by atoms with van der Waals surface area (Å²) in [5, 5.41) is 0. The largest absolute Gasteiger partial charge is 0.398 e. The fourth-order valence-electron chi connectivity index (χ4n) is 2.27. The summed E-state index contributed by atoms with van der Waals surface area (Å²) in [6, 6.07) is 5.24. The molecule has 114 valence electrons. The summed E-state index contributed by atoms with van der Waals surface area (Å²) in [5.41, 5.74) is 6.91. The molecule has 6 nitrogen and oxygen atoms in total. The zero-order valence-electron chi connectivity index (χ0n) is 12.2. The summed E-state index contributed by atoms with van der Waals surface area (Å²) in [7, 11) is 3.45. The number of amides is 3. The maximum absolute atomic E-state index is 12.5. The molecule has 0 spiro atoms. The fraction of sp³-hybridized carbons (Fsp3) is 0.429. The predicted molar refractivity (Wildman–Crippen MR) is 85.1 cm³/mol. The normalized spacial score (nSPS) is 15.0. The van der Waals surface area contributed by atoms with Crippen LogP contribution in [0.4, 0.5) is 10.5 Å². The average molecular weight is 355 g/mol. The molecule has 0 aliphatic carbocycles. The Bertz CT molecular complexity index is 554. The molecule has 0 saturated carbocycles. The topological polar surface area (TPSA) is 69.9 Å². The fourth-order valence-corrected chi connectivity index (χ4v) is 2.70. The van der Waals surface area contributed by atoms with Crippen molar-refractivity contribution < 1.29 is 9.59 Å². The molecule has 1 heterocycles. The van der Waals surface area contributed by atoms with Crippen LogP contribution in [0.15, 0.2) is 22.7 Å². The molecule has 1 aliphatic heterocycles. The van der Waals surface area contributed by atoms with Crippen molar-refractivity contribution in [2.24, 2.45) is 0 Å². The minimum Gasteiger partial charge on any atom is -0.398 e. The number of piperazine rings is 1. The van der Waals surface area contributed by atoms with Gasteiger partial charge in [0.25, 0.3) is 5.91 Å². The highest BCUT2D eigenvalue weighted by Crippen LogP contribution is 2.25. The van der Waals surface area contributed by atoms with Gasteiger partial charge in [-0.3, -0.25) is 4.79 Å². The number of nitrogens with two attached hydrogens (primary N) is 1. The van der Waals surface area contributed by atoms with Gasteiger partial charge in [0.1, 0.15) is 0 Å². The van der Waals surface area contributed by atoms with Gasteiger partial charge in [-0.1, -0.05) is 6.07 Å². The lowest BCUT2D eigenvalue weighted by Crippen LogP contribution is -2.52. The summed E-state index contributed by atoms with van der Waals surface area (Å²) >= 11 is 3.36. The third-order valence-electron chi connectivity index (χ3n) is 3.48. The first-order valence-electron chi connectivity index (χ1n) is 6.71. The molecule has 0 atom stereocenters. The summed E-state index contributed by atoms with van der Waals surface area (Å²) < 4.78 is 0.627. The van der Waals surface area contributed by atoms with Gasteiger partial charge in [-0.05, 0) is 28.1 Å². The Balaban J connectivity index is 2.04. The lowest BCUT2D eigenvalue weighted by atomic mass is 10.1. The quantitative estimate of drug-likeness (QED) is 0.776. The first-order chi connectivity index (χ1) is 9.91. The number of nitrogen functional groups attached to an aromatic ring is 1. The number of carbonyl (C=O) groups excluding carboxylic acids is 2. The highest BCUT2D eigenvalue weighted by molar-refractivity contribution is 9.10. The second-order valence-corrected chi connectivity index (χ2v) is 5.96. The second-order valence-electron chi connectivity index (χ2n) is 5.17. The van der Waals surface area contributed by atoms with Gasteiger partial charge in [-0.2, -0.15) is 0 Å². The van der Waals surface area contributed by atoms with Gasteiger partial charge in [0.15, 0.2) is 0 Å². The molecule has 0 radical (unpaired) electrons. The van der Waals surface area contributed by atoms with E-state index < -0.39 is 0 Å². The van der Waals surface area contributed by atoms with Gasteiger partial charge in [0.2, 0.25) is 0 Å².